The Balaban J connectivity index is 2.02. The first kappa shape index (κ1) is 17.7. The normalized spacial score (nSPS) is 10.3. The van der Waals surface area contributed by atoms with Gasteiger partial charge < -0.3 is 20.4 Å². The number of carbonyl (C=O) groups is 3. The van der Waals surface area contributed by atoms with Gasteiger partial charge in [0.1, 0.15) is 0 Å². The summed E-state index contributed by atoms with van der Waals surface area (Å²) in [6.45, 7) is 4.83. The molecule has 7 nitrogen and oxygen atoms in total. The number of carbonyl (C=O) groups excluding carboxylic acids is 3. The maximum absolute atomic E-state index is 11.5. The van der Waals surface area contributed by atoms with Gasteiger partial charge in [-0.25, -0.2) is 0 Å². The van der Waals surface area contributed by atoms with Crippen LogP contribution in [0.5, 0.6) is 0 Å². The molecule has 0 aromatic carbocycles. The predicted molar refractivity (Wildman–Crippen MR) is 81.1 cm³/mol. The van der Waals surface area contributed by atoms with E-state index in [1.165, 1.54) is 6.26 Å². The Hall–Kier alpha value is -2.31. The van der Waals surface area contributed by atoms with Gasteiger partial charge in [-0.2, -0.15) is 0 Å². The molecule has 3 N–H and O–H groups in total. The molecule has 0 saturated heterocycles. The Morgan fingerprint density at radius 1 is 1.09 bits per heavy atom. The van der Waals surface area contributed by atoms with Crippen LogP contribution < -0.4 is 16.0 Å². The molecule has 0 unspecified atom stereocenters. The molecule has 1 aromatic rings. The molecule has 0 radical (unpaired) electrons. The highest BCUT2D eigenvalue weighted by Gasteiger charge is 2.08. The van der Waals surface area contributed by atoms with E-state index >= 15 is 0 Å². The van der Waals surface area contributed by atoms with E-state index in [1.807, 2.05) is 13.8 Å². The summed E-state index contributed by atoms with van der Waals surface area (Å²) in [4.78, 5) is 34.4. The minimum atomic E-state index is -0.290. The maximum atomic E-state index is 11.5. The second-order valence-electron chi connectivity index (χ2n) is 5.13. The van der Waals surface area contributed by atoms with Crippen molar-refractivity contribution in [3.05, 3.63) is 24.2 Å². The van der Waals surface area contributed by atoms with E-state index in [-0.39, 0.29) is 29.4 Å². The molecule has 1 rings (SSSR count). The maximum Gasteiger partial charge on any atom is 0.286 e. The average Bonchev–Trinajstić information content (AvgIpc) is 3.01. The standard InChI is InChI=1S/C15H23N3O4/c1-11(2)14(20)18-9-8-16-13(19)6-3-7-17-15(21)12-5-4-10-22-12/h4-5,10-11H,3,6-9H2,1-2H3,(H,16,19)(H,17,21)(H,18,20). The molecule has 22 heavy (non-hydrogen) atoms. The third-order valence-electron chi connectivity index (χ3n) is 2.88. The zero-order valence-electron chi connectivity index (χ0n) is 13.0. The van der Waals surface area contributed by atoms with E-state index in [0.29, 0.717) is 32.5 Å². The fraction of sp³-hybridized carbons (Fsp3) is 0.533. The van der Waals surface area contributed by atoms with Crippen LogP contribution in [0.15, 0.2) is 22.8 Å². The molecule has 0 aliphatic rings. The number of nitrogens with one attached hydrogen (secondary N) is 3. The van der Waals surface area contributed by atoms with Crippen LogP contribution in [0.3, 0.4) is 0 Å². The molecule has 0 atom stereocenters. The van der Waals surface area contributed by atoms with Crippen molar-refractivity contribution in [3.63, 3.8) is 0 Å². The fourth-order valence-electron chi connectivity index (χ4n) is 1.63. The molecular weight excluding hydrogens is 286 g/mol. The second-order valence-corrected chi connectivity index (χ2v) is 5.13. The molecule has 0 saturated carbocycles. The van der Waals surface area contributed by atoms with Crippen molar-refractivity contribution < 1.29 is 18.8 Å². The van der Waals surface area contributed by atoms with Gasteiger partial charge in [-0.15, -0.1) is 0 Å². The lowest BCUT2D eigenvalue weighted by atomic mass is 10.2. The minimum Gasteiger partial charge on any atom is -0.459 e. The van der Waals surface area contributed by atoms with Crippen LogP contribution in [0.25, 0.3) is 0 Å². The number of rotatable bonds is 9. The van der Waals surface area contributed by atoms with Crippen molar-refractivity contribution in [2.45, 2.75) is 26.7 Å². The van der Waals surface area contributed by atoms with E-state index < -0.39 is 0 Å². The van der Waals surface area contributed by atoms with Crippen molar-refractivity contribution in [2.24, 2.45) is 5.92 Å². The number of hydrogen-bond donors (Lipinski definition) is 3. The van der Waals surface area contributed by atoms with E-state index in [9.17, 15) is 14.4 Å². The van der Waals surface area contributed by atoms with Gasteiger partial charge in [0.2, 0.25) is 11.8 Å². The molecule has 122 valence electrons. The van der Waals surface area contributed by atoms with E-state index in [0.717, 1.165) is 0 Å². The van der Waals surface area contributed by atoms with Gasteiger partial charge >= 0.3 is 0 Å². The number of amides is 3. The molecule has 7 heteroatoms. The summed E-state index contributed by atoms with van der Waals surface area (Å²) >= 11 is 0. The van der Waals surface area contributed by atoms with E-state index in [1.54, 1.807) is 12.1 Å². The van der Waals surface area contributed by atoms with Crippen LogP contribution in [0.1, 0.15) is 37.2 Å². The summed E-state index contributed by atoms with van der Waals surface area (Å²) in [7, 11) is 0. The van der Waals surface area contributed by atoms with Crippen LogP contribution in [-0.2, 0) is 9.59 Å². The first-order chi connectivity index (χ1) is 10.5. The summed E-state index contributed by atoms with van der Waals surface area (Å²) in [5.74, 6) is -0.235. The summed E-state index contributed by atoms with van der Waals surface area (Å²) < 4.78 is 4.95. The number of furan rings is 1. The second kappa shape index (κ2) is 9.59. The summed E-state index contributed by atoms with van der Waals surface area (Å²) in [6.07, 6.45) is 2.29. The quantitative estimate of drug-likeness (QED) is 0.584. The lowest BCUT2D eigenvalue weighted by Crippen LogP contribution is -2.36. The minimum absolute atomic E-state index is 0.0325. The molecule has 0 aliphatic carbocycles. The van der Waals surface area contributed by atoms with Crippen LogP contribution >= 0.6 is 0 Å². The molecule has 1 aromatic heterocycles. The Morgan fingerprint density at radius 2 is 1.82 bits per heavy atom. The highest BCUT2D eigenvalue weighted by Crippen LogP contribution is 1.99. The lowest BCUT2D eigenvalue weighted by Gasteiger charge is -2.09. The van der Waals surface area contributed by atoms with Gasteiger partial charge in [-0.3, -0.25) is 14.4 Å². The Kier molecular flexibility index (Phi) is 7.74. The molecule has 0 spiro atoms. The van der Waals surface area contributed by atoms with Crippen LogP contribution in [0.2, 0.25) is 0 Å². The average molecular weight is 309 g/mol. The smallest absolute Gasteiger partial charge is 0.286 e. The van der Waals surface area contributed by atoms with Gasteiger partial charge in [-0.05, 0) is 18.6 Å². The van der Waals surface area contributed by atoms with Crippen molar-refractivity contribution in [1.29, 1.82) is 0 Å². The Bertz CT molecular complexity index is 483. The molecule has 3 amide bonds. The SMILES string of the molecule is CC(C)C(=O)NCCNC(=O)CCCNC(=O)c1ccco1. The summed E-state index contributed by atoms with van der Waals surface area (Å²) in [5.41, 5.74) is 0. The molecule has 0 aliphatic heterocycles. The largest absolute Gasteiger partial charge is 0.459 e. The number of hydrogen-bond acceptors (Lipinski definition) is 4. The molecule has 1 heterocycles. The third kappa shape index (κ3) is 6.92. The molecular formula is C15H23N3O4. The molecule has 0 bridgehead atoms. The zero-order chi connectivity index (χ0) is 16.4. The predicted octanol–water partition coefficient (Wildman–Crippen LogP) is 0.678. The molecule has 0 fully saturated rings. The Morgan fingerprint density at radius 3 is 2.45 bits per heavy atom. The van der Waals surface area contributed by atoms with Crippen molar-refractivity contribution in [1.82, 2.24) is 16.0 Å². The first-order valence-corrected chi connectivity index (χ1v) is 7.37. The van der Waals surface area contributed by atoms with Crippen LogP contribution in [0, 0.1) is 5.92 Å². The Labute approximate surface area is 129 Å². The topological polar surface area (TPSA) is 100 Å². The lowest BCUT2D eigenvalue weighted by molar-refractivity contribution is -0.124. The van der Waals surface area contributed by atoms with Crippen molar-refractivity contribution in [2.75, 3.05) is 19.6 Å². The summed E-state index contributed by atoms with van der Waals surface area (Å²) in [6, 6.07) is 3.22. The van der Waals surface area contributed by atoms with Gasteiger partial charge in [0.15, 0.2) is 5.76 Å². The fourth-order valence-corrected chi connectivity index (χ4v) is 1.63. The van der Waals surface area contributed by atoms with Crippen molar-refractivity contribution >= 4 is 17.7 Å². The monoisotopic (exact) mass is 309 g/mol. The third-order valence-corrected chi connectivity index (χ3v) is 2.88. The summed E-state index contributed by atoms with van der Waals surface area (Å²) in [5, 5.41) is 8.09. The van der Waals surface area contributed by atoms with Gasteiger partial charge in [0.05, 0.1) is 6.26 Å². The van der Waals surface area contributed by atoms with E-state index in [4.69, 9.17) is 4.42 Å². The van der Waals surface area contributed by atoms with Crippen LogP contribution in [-0.4, -0.2) is 37.4 Å². The van der Waals surface area contributed by atoms with Gasteiger partial charge in [0, 0.05) is 32.0 Å². The highest BCUT2D eigenvalue weighted by molar-refractivity contribution is 5.91. The zero-order valence-corrected chi connectivity index (χ0v) is 13.0. The first-order valence-electron chi connectivity index (χ1n) is 7.37. The van der Waals surface area contributed by atoms with Gasteiger partial charge in [0.25, 0.3) is 5.91 Å². The van der Waals surface area contributed by atoms with Crippen molar-refractivity contribution in [3.8, 4) is 0 Å². The van der Waals surface area contributed by atoms with E-state index in [2.05, 4.69) is 16.0 Å². The van der Waals surface area contributed by atoms with Gasteiger partial charge in [-0.1, -0.05) is 13.8 Å². The highest BCUT2D eigenvalue weighted by atomic mass is 16.3. The van der Waals surface area contributed by atoms with Crippen LogP contribution in [0.4, 0.5) is 0 Å².